The van der Waals surface area contributed by atoms with Crippen LogP contribution >= 0.6 is 0 Å². The molecule has 122 valence electrons. The van der Waals surface area contributed by atoms with Gasteiger partial charge in [-0.2, -0.15) is 0 Å². The van der Waals surface area contributed by atoms with Crippen LogP contribution in [0.4, 0.5) is 0 Å². The Labute approximate surface area is 128 Å². The lowest BCUT2D eigenvalue weighted by atomic mass is 9.90. The van der Waals surface area contributed by atoms with Gasteiger partial charge in [0.2, 0.25) is 0 Å². The predicted molar refractivity (Wildman–Crippen MR) is 82.4 cm³/mol. The molecule has 0 radical (unpaired) electrons. The third-order valence-corrected chi connectivity index (χ3v) is 4.82. The smallest absolute Gasteiger partial charge is 0.325 e. The van der Waals surface area contributed by atoms with E-state index in [4.69, 9.17) is 4.74 Å². The van der Waals surface area contributed by atoms with E-state index in [1.807, 2.05) is 0 Å². The Hall–Kier alpha value is -0.650. The van der Waals surface area contributed by atoms with Gasteiger partial charge in [0.05, 0.1) is 6.61 Å². The molecule has 2 unspecified atom stereocenters. The number of hydrogen-bond acceptors (Lipinski definition) is 4. The van der Waals surface area contributed by atoms with Crippen molar-refractivity contribution in [1.29, 1.82) is 0 Å². The molecule has 1 heterocycles. The standard InChI is InChI=1S/C16H30N2O3/c1-3-8-17-16(15(19)20,14-6-7-14)12-18-9-4-5-13(10-18)11-21-2/h13-14,17H,3-12H2,1-2H3,(H,19,20). The largest absolute Gasteiger partial charge is 0.480 e. The summed E-state index contributed by atoms with van der Waals surface area (Å²) in [5.74, 6) is 0.164. The summed E-state index contributed by atoms with van der Waals surface area (Å²) >= 11 is 0. The molecule has 2 rings (SSSR count). The Kier molecular flexibility index (Phi) is 6.02. The van der Waals surface area contributed by atoms with E-state index >= 15 is 0 Å². The monoisotopic (exact) mass is 298 g/mol. The highest BCUT2D eigenvalue weighted by atomic mass is 16.5. The lowest BCUT2D eigenvalue weighted by Crippen LogP contribution is -2.62. The number of hydrogen-bond donors (Lipinski definition) is 2. The zero-order valence-corrected chi connectivity index (χ0v) is 13.4. The number of piperidine rings is 1. The molecule has 2 N–H and O–H groups in total. The van der Waals surface area contributed by atoms with Gasteiger partial charge in [-0.05, 0) is 57.0 Å². The molecule has 2 aliphatic rings. The van der Waals surface area contributed by atoms with Gasteiger partial charge in [0.15, 0.2) is 0 Å². The quantitative estimate of drug-likeness (QED) is 0.677. The summed E-state index contributed by atoms with van der Waals surface area (Å²) in [5.41, 5.74) is -0.745. The summed E-state index contributed by atoms with van der Waals surface area (Å²) in [6, 6.07) is 0. The summed E-state index contributed by atoms with van der Waals surface area (Å²) in [5, 5.41) is 13.2. The van der Waals surface area contributed by atoms with Crippen molar-refractivity contribution in [2.45, 2.75) is 44.6 Å². The van der Waals surface area contributed by atoms with Crippen LogP contribution in [-0.2, 0) is 9.53 Å². The van der Waals surface area contributed by atoms with Crippen LogP contribution in [0.3, 0.4) is 0 Å². The van der Waals surface area contributed by atoms with Gasteiger partial charge >= 0.3 is 5.97 Å². The minimum absolute atomic E-state index is 0.296. The molecule has 21 heavy (non-hydrogen) atoms. The van der Waals surface area contributed by atoms with Crippen LogP contribution in [0.5, 0.6) is 0 Å². The fourth-order valence-corrected chi connectivity index (χ4v) is 3.59. The Morgan fingerprint density at radius 3 is 2.76 bits per heavy atom. The number of aliphatic carboxylic acids is 1. The second-order valence-electron chi connectivity index (χ2n) is 6.68. The van der Waals surface area contributed by atoms with Crippen LogP contribution in [0, 0.1) is 11.8 Å². The van der Waals surface area contributed by atoms with Gasteiger partial charge in [-0.3, -0.25) is 4.79 Å². The van der Waals surface area contributed by atoms with Crippen LogP contribution in [0.15, 0.2) is 0 Å². The molecular weight excluding hydrogens is 268 g/mol. The molecule has 0 aromatic rings. The van der Waals surface area contributed by atoms with E-state index < -0.39 is 11.5 Å². The van der Waals surface area contributed by atoms with Crippen LogP contribution in [0.25, 0.3) is 0 Å². The molecule has 1 aliphatic carbocycles. The van der Waals surface area contributed by atoms with Crippen LogP contribution < -0.4 is 5.32 Å². The van der Waals surface area contributed by atoms with Gasteiger partial charge in [0, 0.05) is 20.2 Å². The lowest BCUT2D eigenvalue weighted by Gasteiger charge is -2.40. The number of nitrogens with one attached hydrogen (secondary N) is 1. The van der Waals surface area contributed by atoms with Crippen molar-refractivity contribution in [2.75, 3.05) is 39.9 Å². The van der Waals surface area contributed by atoms with Crippen molar-refractivity contribution in [3.8, 4) is 0 Å². The van der Waals surface area contributed by atoms with Crippen molar-refractivity contribution in [3.63, 3.8) is 0 Å². The molecule has 0 spiro atoms. The first kappa shape index (κ1) is 16.7. The molecular formula is C16H30N2O3. The number of carboxylic acids is 1. The summed E-state index contributed by atoms with van der Waals surface area (Å²) in [4.78, 5) is 14.3. The van der Waals surface area contributed by atoms with E-state index in [9.17, 15) is 9.90 Å². The van der Waals surface area contributed by atoms with Crippen molar-refractivity contribution in [1.82, 2.24) is 10.2 Å². The number of carboxylic acid groups (broad SMARTS) is 1. The van der Waals surface area contributed by atoms with Gasteiger partial charge in [-0.15, -0.1) is 0 Å². The highest BCUT2D eigenvalue weighted by molar-refractivity contribution is 5.80. The van der Waals surface area contributed by atoms with Crippen molar-refractivity contribution >= 4 is 5.97 Å². The molecule has 1 aliphatic heterocycles. The predicted octanol–water partition coefficient (Wildman–Crippen LogP) is 1.58. The number of rotatable bonds is 9. The first-order valence-electron chi connectivity index (χ1n) is 8.32. The average molecular weight is 298 g/mol. The van der Waals surface area contributed by atoms with Crippen molar-refractivity contribution in [3.05, 3.63) is 0 Å². The molecule has 2 atom stereocenters. The van der Waals surface area contributed by atoms with E-state index in [1.54, 1.807) is 7.11 Å². The highest BCUT2D eigenvalue weighted by Gasteiger charge is 2.51. The maximum atomic E-state index is 12.0. The van der Waals surface area contributed by atoms with Gasteiger partial charge in [-0.1, -0.05) is 6.92 Å². The van der Waals surface area contributed by atoms with E-state index in [-0.39, 0.29) is 0 Å². The summed E-state index contributed by atoms with van der Waals surface area (Å²) < 4.78 is 5.27. The third-order valence-electron chi connectivity index (χ3n) is 4.82. The van der Waals surface area contributed by atoms with E-state index in [0.29, 0.717) is 18.4 Å². The minimum Gasteiger partial charge on any atom is -0.480 e. The SMILES string of the molecule is CCCNC(CN1CCCC(COC)C1)(C(=O)O)C1CC1. The first-order valence-corrected chi connectivity index (χ1v) is 8.32. The maximum absolute atomic E-state index is 12.0. The average Bonchev–Trinajstić information content (AvgIpc) is 3.29. The molecule has 0 bridgehead atoms. The van der Waals surface area contributed by atoms with Crippen LogP contribution in [-0.4, -0.2) is 61.4 Å². The lowest BCUT2D eigenvalue weighted by molar-refractivity contribution is -0.147. The Balaban J connectivity index is 2.01. The number of carbonyl (C=O) groups is 1. The van der Waals surface area contributed by atoms with Crippen LogP contribution in [0.1, 0.15) is 39.0 Å². The van der Waals surface area contributed by atoms with E-state index in [2.05, 4.69) is 17.1 Å². The van der Waals surface area contributed by atoms with Crippen LogP contribution in [0.2, 0.25) is 0 Å². The second-order valence-corrected chi connectivity index (χ2v) is 6.68. The Morgan fingerprint density at radius 2 is 2.19 bits per heavy atom. The minimum atomic E-state index is -0.745. The summed E-state index contributed by atoms with van der Waals surface area (Å²) in [6.45, 7) is 6.24. The first-order chi connectivity index (χ1) is 10.1. The van der Waals surface area contributed by atoms with Crippen molar-refractivity contribution in [2.24, 2.45) is 11.8 Å². The number of methoxy groups -OCH3 is 1. The fourth-order valence-electron chi connectivity index (χ4n) is 3.59. The van der Waals surface area contributed by atoms with Crippen molar-refractivity contribution < 1.29 is 14.6 Å². The van der Waals surface area contributed by atoms with E-state index in [1.165, 1.54) is 6.42 Å². The van der Waals surface area contributed by atoms with Gasteiger partial charge in [0.25, 0.3) is 0 Å². The second kappa shape index (κ2) is 7.56. The highest BCUT2D eigenvalue weighted by Crippen LogP contribution is 2.41. The maximum Gasteiger partial charge on any atom is 0.325 e. The zero-order chi connectivity index (χ0) is 15.3. The molecule has 0 aromatic carbocycles. The molecule has 0 aromatic heterocycles. The topological polar surface area (TPSA) is 61.8 Å². The van der Waals surface area contributed by atoms with Gasteiger partial charge in [-0.25, -0.2) is 0 Å². The third kappa shape index (κ3) is 4.18. The molecule has 2 fully saturated rings. The van der Waals surface area contributed by atoms with Gasteiger partial charge in [0.1, 0.15) is 5.54 Å². The molecule has 5 heteroatoms. The summed E-state index contributed by atoms with van der Waals surface area (Å²) in [7, 11) is 1.74. The number of likely N-dealkylation sites (tertiary alicyclic amines) is 1. The van der Waals surface area contributed by atoms with E-state index in [0.717, 1.165) is 51.9 Å². The Morgan fingerprint density at radius 1 is 1.43 bits per heavy atom. The summed E-state index contributed by atoms with van der Waals surface area (Å²) in [6.07, 6.45) is 5.38. The number of ether oxygens (including phenoxy) is 1. The molecule has 5 nitrogen and oxygen atoms in total. The zero-order valence-electron chi connectivity index (χ0n) is 13.4. The van der Waals surface area contributed by atoms with Gasteiger partial charge < -0.3 is 20.1 Å². The normalized spacial score (nSPS) is 26.5. The molecule has 1 saturated heterocycles. The Bertz CT molecular complexity index is 344. The molecule has 1 saturated carbocycles. The molecule has 0 amide bonds. The fraction of sp³-hybridized carbons (Fsp3) is 0.938. The number of nitrogens with zero attached hydrogens (tertiary/aromatic N) is 1.